The van der Waals surface area contributed by atoms with E-state index in [1.54, 1.807) is 0 Å². The summed E-state index contributed by atoms with van der Waals surface area (Å²) in [5, 5.41) is 12.0. The molecule has 0 aromatic heterocycles. The Morgan fingerprint density at radius 3 is 1.41 bits per heavy atom. The van der Waals surface area contributed by atoms with Crippen LogP contribution in [0.2, 0.25) is 0 Å². The molecule has 0 radical (unpaired) electrons. The quantitative estimate of drug-likeness (QED) is 0.0320. The molecule has 0 aliphatic rings. The number of esters is 1. The van der Waals surface area contributed by atoms with E-state index in [1.807, 2.05) is 0 Å². The summed E-state index contributed by atoms with van der Waals surface area (Å²) in [5.41, 5.74) is 5.49. The summed E-state index contributed by atoms with van der Waals surface area (Å²) in [6.07, 6.45) is 54.9. The summed E-state index contributed by atoms with van der Waals surface area (Å²) in [6, 6.07) is -0.859. The number of carboxylic acid groups (broad SMARTS) is 1. The molecule has 0 aromatic rings. The number of carboxylic acids is 1. The zero-order chi connectivity index (χ0) is 42.4. The van der Waals surface area contributed by atoms with E-state index < -0.39 is 12.0 Å². The van der Waals surface area contributed by atoms with Crippen LogP contribution in [-0.2, 0) is 19.1 Å². The highest BCUT2D eigenvalue weighted by atomic mass is 16.5. The molecule has 338 valence electrons. The number of allylic oxidation sites excluding steroid dienone is 6. The first-order valence-corrected chi connectivity index (χ1v) is 24.8. The van der Waals surface area contributed by atoms with Crippen molar-refractivity contribution >= 4 is 17.8 Å². The van der Waals surface area contributed by atoms with Crippen molar-refractivity contribution in [3.63, 3.8) is 0 Å². The molecule has 58 heavy (non-hydrogen) atoms. The Balaban J connectivity index is 4.23. The Kier molecular flexibility index (Phi) is 43.8. The number of hydrogen-bond donors (Lipinski definition) is 3. The predicted molar refractivity (Wildman–Crippen MR) is 248 cm³/mol. The zero-order valence-corrected chi connectivity index (χ0v) is 38.1. The van der Waals surface area contributed by atoms with Crippen LogP contribution in [0.3, 0.4) is 0 Å². The summed E-state index contributed by atoms with van der Waals surface area (Å²) < 4.78 is 6.05. The smallest absolute Gasteiger partial charge is 0.326 e. The standard InChI is InChI=1S/C51H94N2O5/c1-3-5-7-9-11-13-15-16-17-18-19-20-21-22-23-24-26-28-30-35-39-45-50(55)58-47(41-36-32-29-27-25-14-12-10-8-6-4-2)42-37-33-31-34-38-44-49(54)53-48(51(56)57)43-40-46-52/h15-16,18-19,27,29,47-48H,3-14,17,20-26,28,30-46,52H2,1-2H3,(H,53,54)(H,56,57)/b16-15-,19-18-,29-27-. The van der Waals surface area contributed by atoms with Crippen molar-refractivity contribution in [2.45, 2.75) is 264 Å². The minimum Gasteiger partial charge on any atom is -0.480 e. The number of ether oxygens (including phenoxy) is 1. The van der Waals surface area contributed by atoms with Crippen molar-refractivity contribution in [3.8, 4) is 0 Å². The molecular weight excluding hydrogens is 721 g/mol. The van der Waals surface area contributed by atoms with Crippen LogP contribution in [0.5, 0.6) is 0 Å². The number of rotatable bonds is 45. The van der Waals surface area contributed by atoms with Crippen LogP contribution in [-0.4, -0.2) is 41.6 Å². The van der Waals surface area contributed by atoms with Gasteiger partial charge in [-0.1, -0.05) is 172 Å². The van der Waals surface area contributed by atoms with Crippen LogP contribution in [0, 0.1) is 0 Å². The summed E-state index contributed by atoms with van der Waals surface area (Å²) in [5.74, 6) is -1.25. The van der Waals surface area contributed by atoms with Gasteiger partial charge >= 0.3 is 11.9 Å². The third-order valence-electron chi connectivity index (χ3n) is 11.2. The van der Waals surface area contributed by atoms with Crippen LogP contribution in [0.25, 0.3) is 0 Å². The first-order valence-electron chi connectivity index (χ1n) is 24.8. The van der Waals surface area contributed by atoms with E-state index in [2.05, 4.69) is 55.6 Å². The van der Waals surface area contributed by atoms with Crippen molar-refractivity contribution in [1.82, 2.24) is 5.32 Å². The predicted octanol–water partition coefficient (Wildman–Crippen LogP) is 14.6. The molecule has 0 aliphatic heterocycles. The van der Waals surface area contributed by atoms with E-state index in [0.717, 1.165) is 83.5 Å². The summed E-state index contributed by atoms with van der Waals surface area (Å²) in [7, 11) is 0. The number of unbranched alkanes of at least 4 members (excludes halogenated alkanes) is 25. The minimum atomic E-state index is -1.01. The van der Waals surface area contributed by atoms with E-state index >= 15 is 0 Å². The molecule has 2 atom stereocenters. The monoisotopic (exact) mass is 815 g/mol. The molecule has 0 fully saturated rings. The van der Waals surface area contributed by atoms with Crippen molar-refractivity contribution in [2.75, 3.05) is 6.54 Å². The van der Waals surface area contributed by atoms with Crippen molar-refractivity contribution in [2.24, 2.45) is 5.73 Å². The van der Waals surface area contributed by atoms with Crippen LogP contribution in [0.1, 0.15) is 251 Å². The van der Waals surface area contributed by atoms with E-state index in [4.69, 9.17) is 10.5 Å². The first kappa shape index (κ1) is 55.6. The van der Waals surface area contributed by atoms with Gasteiger partial charge in [-0.15, -0.1) is 0 Å². The number of aliphatic carboxylic acids is 1. The van der Waals surface area contributed by atoms with Gasteiger partial charge in [0.15, 0.2) is 0 Å². The van der Waals surface area contributed by atoms with Gasteiger partial charge in [0.2, 0.25) is 5.91 Å². The highest BCUT2D eigenvalue weighted by Crippen LogP contribution is 2.18. The van der Waals surface area contributed by atoms with Crippen molar-refractivity contribution in [1.29, 1.82) is 0 Å². The molecule has 0 spiro atoms. The second-order valence-electron chi connectivity index (χ2n) is 16.9. The molecule has 4 N–H and O–H groups in total. The molecule has 2 unspecified atom stereocenters. The Morgan fingerprint density at radius 1 is 0.500 bits per heavy atom. The van der Waals surface area contributed by atoms with Crippen LogP contribution < -0.4 is 11.1 Å². The molecule has 0 aromatic carbocycles. The fourth-order valence-corrected chi connectivity index (χ4v) is 7.42. The second kappa shape index (κ2) is 45.7. The average molecular weight is 815 g/mol. The third-order valence-corrected chi connectivity index (χ3v) is 11.2. The molecule has 0 aliphatic carbocycles. The molecule has 0 heterocycles. The van der Waals surface area contributed by atoms with Crippen LogP contribution in [0.15, 0.2) is 36.5 Å². The molecule has 0 bridgehead atoms. The Bertz CT molecular complexity index is 1010. The van der Waals surface area contributed by atoms with Crippen molar-refractivity contribution in [3.05, 3.63) is 36.5 Å². The number of nitrogens with one attached hydrogen (secondary N) is 1. The first-order chi connectivity index (χ1) is 28.4. The normalized spacial score (nSPS) is 12.9. The van der Waals surface area contributed by atoms with Gasteiger partial charge in [-0.2, -0.15) is 0 Å². The maximum absolute atomic E-state index is 12.8. The van der Waals surface area contributed by atoms with Gasteiger partial charge in [0, 0.05) is 12.8 Å². The van der Waals surface area contributed by atoms with E-state index in [0.29, 0.717) is 32.2 Å². The number of carbonyl (C=O) groups is 3. The summed E-state index contributed by atoms with van der Waals surface area (Å²) in [4.78, 5) is 36.5. The second-order valence-corrected chi connectivity index (χ2v) is 16.9. The molecule has 7 heteroatoms. The largest absolute Gasteiger partial charge is 0.480 e. The minimum absolute atomic E-state index is 0.0195. The van der Waals surface area contributed by atoms with Gasteiger partial charge in [-0.25, -0.2) is 4.79 Å². The zero-order valence-electron chi connectivity index (χ0n) is 38.1. The molecule has 0 saturated carbocycles. The Labute approximate surface area is 358 Å². The van der Waals surface area contributed by atoms with Gasteiger partial charge in [0.25, 0.3) is 0 Å². The number of carbonyl (C=O) groups excluding carboxylic acids is 2. The molecule has 0 saturated heterocycles. The van der Waals surface area contributed by atoms with Gasteiger partial charge in [-0.05, 0) is 109 Å². The van der Waals surface area contributed by atoms with E-state index in [1.165, 1.54) is 128 Å². The number of hydrogen-bond acceptors (Lipinski definition) is 5. The molecule has 1 amide bonds. The molecular formula is C51H94N2O5. The Hall–Kier alpha value is -2.41. The lowest BCUT2D eigenvalue weighted by Gasteiger charge is -2.18. The van der Waals surface area contributed by atoms with Crippen molar-refractivity contribution < 1.29 is 24.2 Å². The topological polar surface area (TPSA) is 119 Å². The lowest BCUT2D eigenvalue weighted by Crippen LogP contribution is -2.40. The SMILES string of the molecule is CCCCCCC/C=C\C/C=C\CCCCCCCCCCCC(=O)OC(CCC/C=C\CCCCCCCC)CCCCCCCC(=O)NC(CCCN)C(=O)O. The third kappa shape index (κ3) is 41.7. The molecule has 0 rings (SSSR count). The maximum Gasteiger partial charge on any atom is 0.326 e. The van der Waals surface area contributed by atoms with E-state index in [9.17, 15) is 19.5 Å². The molecule has 7 nitrogen and oxygen atoms in total. The van der Waals surface area contributed by atoms with E-state index in [-0.39, 0.29) is 18.0 Å². The maximum atomic E-state index is 12.8. The van der Waals surface area contributed by atoms with Gasteiger partial charge in [0.1, 0.15) is 12.1 Å². The average Bonchev–Trinajstić information content (AvgIpc) is 3.21. The summed E-state index contributed by atoms with van der Waals surface area (Å²) in [6.45, 7) is 4.94. The summed E-state index contributed by atoms with van der Waals surface area (Å²) >= 11 is 0. The van der Waals surface area contributed by atoms with Gasteiger partial charge < -0.3 is 20.9 Å². The van der Waals surface area contributed by atoms with Gasteiger partial charge in [0.05, 0.1) is 0 Å². The number of nitrogens with two attached hydrogens (primary N) is 1. The van der Waals surface area contributed by atoms with Crippen LogP contribution >= 0.6 is 0 Å². The number of amides is 1. The van der Waals surface area contributed by atoms with Crippen LogP contribution in [0.4, 0.5) is 0 Å². The fourth-order valence-electron chi connectivity index (χ4n) is 7.42. The highest BCUT2D eigenvalue weighted by molar-refractivity contribution is 5.83. The lowest BCUT2D eigenvalue weighted by molar-refractivity contribution is -0.150. The highest BCUT2D eigenvalue weighted by Gasteiger charge is 2.19. The lowest BCUT2D eigenvalue weighted by atomic mass is 10.0. The fraction of sp³-hybridized carbons (Fsp3) is 0.824. The van der Waals surface area contributed by atoms with Gasteiger partial charge in [-0.3, -0.25) is 9.59 Å². The Morgan fingerprint density at radius 2 is 0.914 bits per heavy atom.